The number of anilines is 1. The Hall–Kier alpha value is -2.86. The number of carbonyl (C=O) groups is 1. The van der Waals surface area contributed by atoms with Crippen LogP contribution in [-0.4, -0.2) is 41.2 Å². The van der Waals surface area contributed by atoms with E-state index in [0.29, 0.717) is 23.7 Å². The fourth-order valence-corrected chi connectivity index (χ4v) is 3.27. The maximum Gasteiger partial charge on any atom is 0.321 e. The van der Waals surface area contributed by atoms with Gasteiger partial charge in [-0.1, -0.05) is 18.2 Å². The number of fused-ring (bicyclic) bond motifs is 1. The molecule has 1 heterocycles. The molecule has 4 rings (SSSR count). The number of aliphatic hydroxyl groups is 1. The summed E-state index contributed by atoms with van der Waals surface area (Å²) in [5.41, 5.74) is 3.97. The Morgan fingerprint density at radius 2 is 2.07 bits per heavy atom. The average Bonchev–Trinajstić information content (AvgIpc) is 3.31. The van der Waals surface area contributed by atoms with Crippen LogP contribution in [0.3, 0.4) is 0 Å². The van der Waals surface area contributed by atoms with E-state index in [1.54, 1.807) is 18.0 Å². The van der Waals surface area contributed by atoms with Gasteiger partial charge in [-0.05, 0) is 43.5 Å². The zero-order valence-electron chi connectivity index (χ0n) is 15.5. The number of urea groups is 1. The first kappa shape index (κ1) is 17.5. The van der Waals surface area contributed by atoms with Crippen LogP contribution in [0, 0.1) is 12.3 Å². The number of hydrogen-bond donors (Lipinski definition) is 2. The minimum Gasteiger partial charge on any atom is -0.436 e. The first-order chi connectivity index (χ1) is 13.0. The molecule has 0 bridgehead atoms. The van der Waals surface area contributed by atoms with Crippen molar-refractivity contribution < 1.29 is 14.3 Å². The van der Waals surface area contributed by atoms with Crippen molar-refractivity contribution in [3.05, 3.63) is 48.0 Å². The predicted octanol–water partition coefficient (Wildman–Crippen LogP) is 4.04. The van der Waals surface area contributed by atoms with Gasteiger partial charge in [-0.25, -0.2) is 9.78 Å². The van der Waals surface area contributed by atoms with Gasteiger partial charge in [0.1, 0.15) is 5.52 Å². The molecular formula is C21H23N3O3. The maximum absolute atomic E-state index is 12.4. The van der Waals surface area contributed by atoms with Gasteiger partial charge in [0.25, 0.3) is 0 Å². The Morgan fingerprint density at radius 1 is 1.30 bits per heavy atom. The lowest BCUT2D eigenvalue weighted by atomic mass is 10.1. The topological polar surface area (TPSA) is 78.6 Å². The number of hydrogen-bond acceptors (Lipinski definition) is 4. The second-order valence-electron chi connectivity index (χ2n) is 7.46. The van der Waals surface area contributed by atoms with Crippen LogP contribution in [0.15, 0.2) is 46.9 Å². The molecule has 2 amide bonds. The first-order valence-corrected chi connectivity index (χ1v) is 9.09. The fourth-order valence-electron chi connectivity index (χ4n) is 3.27. The third kappa shape index (κ3) is 3.53. The summed E-state index contributed by atoms with van der Waals surface area (Å²) in [6, 6.07) is 13.2. The Labute approximate surface area is 157 Å². The minimum absolute atomic E-state index is 0.108. The minimum atomic E-state index is -0.201. The summed E-state index contributed by atoms with van der Waals surface area (Å²) in [5.74, 6) is 0.572. The number of amides is 2. The Kier molecular flexibility index (Phi) is 4.36. The van der Waals surface area contributed by atoms with Gasteiger partial charge in [0.15, 0.2) is 5.58 Å². The van der Waals surface area contributed by atoms with Crippen molar-refractivity contribution in [2.45, 2.75) is 19.8 Å². The van der Waals surface area contributed by atoms with Crippen LogP contribution in [0.5, 0.6) is 0 Å². The summed E-state index contributed by atoms with van der Waals surface area (Å²) in [5, 5.41) is 12.3. The van der Waals surface area contributed by atoms with E-state index in [9.17, 15) is 9.90 Å². The summed E-state index contributed by atoms with van der Waals surface area (Å²) >= 11 is 0. The van der Waals surface area contributed by atoms with Crippen LogP contribution in [-0.2, 0) is 0 Å². The van der Waals surface area contributed by atoms with Crippen molar-refractivity contribution in [1.29, 1.82) is 0 Å². The molecule has 1 aromatic heterocycles. The monoisotopic (exact) mass is 365 g/mol. The molecule has 27 heavy (non-hydrogen) atoms. The number of benzene rings is 2. The zero-order valence-corrected chi connectivity index (χ0v) is 15.5. The van der Waals surface area contributed by atoms with Crippen LogP contribution in [0.1, 0.15) is 18.4 Å². The molecule has 2 aromatic carbocycles. The lowest BCUT2D eigenvalue weighted by molar-refractivity contribution is 0.168. The molecule has 6 nitrogen and oxygen atoms in total. The molecule has 1 saturated carbocycles. The number of aryl methyl sites for hydroxylation is 1. The number of carbonyl (C=O) groups excluding carboxylic acids is 1. The highest BCUT2D eigenvalue weighted by atomic mass is 16.3. The highest BCUT2D eigenvalue weighted by Crippen LogP contribution is 2.45. The van der Waals surface area contributed by atoms with Crippen molar-refractivity contribution in [2.24, 2.45) is 5.41 Å². The molecular weight excluding hydrogens is 342 g/mol. The second kappa shape index (κ2) is 6.70. The van der Waals surface area contributed by atoms with E-state index in [1.165, 1.54) is 0 Å². The molecule has 2 N–H and O–H groups in total. The van der Waals surface area contributed by atoms with Gasteiger partial charge in [-0.2, -0.15) is 0 Å². The van der Waals surface area contributed by atoms with Crippen molar-refractivity contribution in [1.82, 2.24) is 9.88 Å². The lowest BCUT2D eigenvalue weighted by Crippen LogP contribution is -2.37. The number of nitrogens with zero attached hydrogens (tertiary/aromatic N) is 2. The molecule has 1 fully saturated rings. The van der Waals surface area contributed by atoms with Crippen LogP contribution in [0.4, 0.5) is 10.5 Å². The van der Waals surface area contributed by atoms with Crippen LogP contribution >= 0.6 is 0 Å². The molecule has 0 atom stereocenters. The van der Waals surface area contributed by atoms with Gasteiger partial charge in [0, 0.05) is 36.3 Å². The Balaban J connectivity index is 1.52. The zero-order chi connectivity index (χ0) is 19.0. The second-order valence-corrected chi connectivity index (χ2v) is 7.46. The summed E-state index contributed by atoms with van der Waals surface area (Å²) in [7, 11) is 1.74. The number of oxazole rings is 1. The van der Waals surface area contributed by atoms with E-state index in [0.717, 1.165) is 29.5 Å². The van der Waals surface area contributed by atoms with Crippen molar-refractivity contribution in [3.63, 3.8) is 0 Å². The van der Waals surface area contributed by atoms with Crippen LogP contribution in [0.2, 0.25) is 0 Å². The SMILES string of the molecule is Cc1ccccc1-c1nc2ccc(NC(=O)N(C)CC3(CO)CC3)cc2o1. The van der Waals surface area contributed by atoms with Gasteiger partial charge in [0.2, 0.25) is 5.89 Å². The van der Waals surface area contributed by atoms with Crippen molar-refractivity contribution in [3.8, 4) is 11.5 Å². The molecule has 0 unspecified atom stereocenters. The molecule has 0 saturated heterocycles. The molecule has 140 valence electrons. The van der Waals surface area contributed by atoms with Gasteiger partial charge >= 0.3 is 6.03 Å². The van der Waals surface area contributed by atoms with E-state index in [4.69, 9.17) is 4.42 Å². The maximum atomic E-state index is 12.4. The van der Waals surface area contributed by atoms with E-state index in [1.807, 2.05) is 43.3 Å². The molecule has 0 aliphatic heterocycles. The quantitative estimate of drug-likeness (QED) is 0.715. The molecule has 1 aliphatic rings. The Bertz CT molecular complexity index is 991. The summed E-state index contributed by atoms with van der Waals surface area (Å²) < 4.78 is 5.92. The van der Waals surface area contributed by atoms with Gasteiger partial charge in [-0.15, -0.1) is 0 Å². The molecule has 0 spiro atoms. The summed E-state index contributed by atoms with van der Waals surface area (Å²) in [6.45, 7) is 2.69. The number of nitrogens with one attached hydrogen (secondary N) is 1. The number of aliphatic hydroxyl groups excluding tert-OH is 1. The predicted molar refractivity (Wildman–Crippen MR) is 105 cm³/mol. The third-order valence-corrected chi connectivity index (χ3v) is 5.23. The first-order valence-electron chi connectivity index (χ1n) is 9.09. The number of aromatic nitrogens is 1. The molecule has 1 aliphatic carbocycles. The smallest absolute Gasteiger partial charge is 0.321 e. The van der Waals surface area contributed by atoms with Crippen molar-refractivity contribution in [2.75, 3.05) is 25.5 Å². The van der Waals surface area contributed by atoms with Crippen LogP contribution < -0.4 is 5.32 Å². The standard InChI is InChI=1S/C21H23N3O3/c1-14-5-3-4-6-16(14)19-23-17-8-7-15(11-18(17)27-19)22-20(26)24(2)12-21(13-25)9-10-21/h3-8,11,25H,9-10,12-13H2,1-2H3,(H,22,26). The van der Waals surface area contributed by atoms with Gasteiger partial charge in [-0.3, -0.25) is 0 Å². The van der Waals surface area contributed by atoms with E-state index < -0.39 is 0 Å². The molecule has 0 radical (unpaired) electrons. The Morgan fingerprint density at radius 3 is 2.78 bits per heavy atom. The highest BCUT2D eigenvalue weighted by molar-refractivity contribution is 5.91. The largest absolute Gasteiger partial charge is 0.436 e. The summed E-state index contributed by atoms with van der Waals surface area (Å²) in [6.07, 6.45) is 1.93. The normalized spacial score (nSPS) is 14.9. The fraction of sp³-hybridized carbons (Fsp3) is 0.333. The van der Waals surface area contributed by atoms with Crippen LogP contribution in [0.25, 0.3) is 22.6 Å². The van der Waals surface area contributed by atoms with E-state index in [-0.39, 0.29) is 18.1 Å². The number of rotatable bonds is 5. The lowest BCUT2D eigenvalue weighted by Gasteiger charge is -2.22. The van der Waals surface area contributed by atoms with E-state index in [2.05, 4.69) is 10.3 Å². The molecule has 3 aromatic rings. The summed E-state index contributed by atoms with van der Waals surface area (Å²) in [4.78, 5) is 18.6. The van der Waals surface area contributed by atoms with Gasteiger partial charge < -0.3 is 19.7 Å². The average molecular weight is 365 g/mol. The third-order valence-electron chi connectivity index (χ3n) is 5.23. The van der Waals surface area contributed by atoms with Gasteiger partial charge in [0.05, 0.1) is 6.61 Å². The highest BCUT2D eigenvalue weighted by Gasteiger charge is 2.43. The molecule has 6 heteroatoms. The van der Waals surface area contributed by atoms with Crippen molar-refractivity contribution >= 4 is 22.8 Å². The van der Waals surface area contributed by atoms with E-state index >= 15 is 0 Å².